The minimum atomic E-state index is -0.540. The van der Waals surface area contributed by atoms with E-state index in [1.807, 2.05) is 6.07 Å². The number of benzene rings is 1. The smallest absolute Gasteiger partial charge is 0.312 e. The maximum Gasteiger partial charge on any atom is 0.312 e. The Morgan fingerprint density at radius 3 is 2.71 bits per heavy atom. The molecule has 0 unspecified atom stereocenters. The summed E-state index contributed by atoms with van der Waals surface area (Å²) in [5, 5.41) is 15.3. The van der Waals surface area contributed by atoms with Crippen molar-refractivity contribution in [3.05, 3.63) is 56.9 Å². The Hall–Kier alpha value is -3.16. The molecule has 0 aliphatic rings. The Morgan fingerprint density at radius 2 is 2.17 bits per heavy atom. The molecule has 1 amide bonds. The van der Waals surface area contributed by atoms with Crippen LogP contribution in [0.3, 0.4) is 0 Å². The Kier molecular flexibility index (Phi) is 4.98. The van der Waals surface area contributed by atoms with Gasteiger partial charge in [-0.3, -0.25) is 19.6 Å². The molecule has 0 aliphatic heterocycles. The molecule has 0 bridgehead atoms. The van der Waals surface area contributed by atoms with Crippen LogP contribution in [0.25, 0.3) is 6.08 Å². The molecule has 0 saturated carbocycles. The molecule has 126 valence electrons. The van der Waals surface area contributed by atoms with Crippen LogP contribution < -0.4 is 10.5 Å². The summed E-state index contributed by atoms with van der Waals surface area (Å²) in [5.74, 6) is 0.0861. The second-order valence-corrected chi connectivity index (χ2v) is 5.24. The van der Waals surface area contributed by atoms with Gasteiger partial charge in [-0.05, 0) is 37.6 Å². The highest BCUT2D eigenvalue weighted by Crippen LogP contribution is 2.26. The summed E-state index contributed by atoms with van der Waals surface area (Å²) in [7, 11) is 1.54. The van der Waals surface area contributed by atoms with Gasteiger partial charge in [-0.1, -0.05) is 6.07 Å². The molecule has 0 aliphatic carbocycles. The minimum absolute atomic E-state index is 0.0127. The van der Waals surface area contributed by atoms with Gasteiger partial charge in [-0.15, -0.1) is 0 Å². The van der Waals surface area contributed by atoms with E-state index < -0.39 is 10.8 Å². The highest BCUT2D eigenvalue weighted by Gasteiger charge is 2.22. The lowest BCUT2D eigenvalue weighted by atomic mass is 10.1. The quantitative estimate of drug-likeness (QED) is 0.494. The SMILES string of the molecule is COc1ccc(/C=C\C(N)=O)cc1Cn1nc(C)c([N+](=O)[O-])c1C. The van der Waals surface area contributed by atoms with E-state index in [2.05, 4.69) is 5.10 Å². The number of methoxy groups -OCH3 is 1. The van der Waals surface area contributed by atoms with Crippen LogP contribution in [0.4, 0.5) is 5.69 Å². The van der Waals surface area contributed by atoms with E-state index >= 15 is 0 Å². The number of nitrogens with zero attached hydrogens (tertiary/aromatic N) is 3. The van der Waals surface area contributed by atoms with Gasteiger partial charge in [0.05, 0.1) is 18.6 Å². The molecule has 0 fully saturated rings. The van der Waals surface area contributed by atoms with E-state index in [1.165, 1.54) is 6.08 Å². The third kappa shape index (κ3) is 3.60. The summed E-state index contributed by atoms with van der Waals surface area (Å²) < 4.78 is 6.89. The lowest BCUT2D eigenvalue weighted by molar-refractivity contribution is -0.386. The number of nitrogens with two attached hydrogens (primary N) is 1. The van der Waals surface area contributed by atoms with Gasteiger partial charge in [0.15, 0.2) is 0 Å². The van der Waals surface area contributed by atoms with E-state index in [9.17, 15) is 14.9 Å². The van der Waals surface area contributed by atoms with Gasteiger partial charge >= 0.3 is 5.69 Å². The van der Waals surface area contributed by atoms with E-state index in [1.54, 1.807) is 43.8 Å². The number of amides is 1. The van der Waals surface area contributed by atoms with Gasteiger partial charge in [0.2, 0.25) is 5.91 Å². The maximum absolute atomic E-state index is 11.1. The van der Waals surface area contributed by atoms with Crippen LogP contribution in [0, 0.1) is 24.0 Å². The van der Waals surface area contributed by atoms with Gasteiger partial charge < -0.3 is 10.5 Å². The zero-order valence-electron chi connectivity index (χ0n) is 13.6. The average Bonchev–Trinajstić information content (AvgIpc) is 2.79. The molecule has 2 N–H and O–H groups in total. The maximum atomic E-state index is 11.1. The number of aromatic nitrogens is 2. The van der Waals surface area contributed by atoms with Crippen molar-refractivity contribution in [1.82, 2.24) is 9.78 Å². The Balaban J connectivity index is 2.41. The van der Waals surface area contributed by atoms with Crippen LogP contribution >= 0.6 is 0 Å². The second kappa shape index (κ2) is 6.95. The summed E-state index contributed by atoms with van der Waals surface area (Å²) >= 11 is 0. The number of carbonyl (C=O) groups excluding carboxylic acids is 1. The first-order valence-corrected chi connectivity index (χ1v) is 7.16. The lowest BCUT2D eigenvalue weighted by Crippen LogP contribution is -2.07. The first-order valence-electron chi connectivity index (χ1n) is 7.16. The fourth-order valence-corrected chi connectivity index (χ4v) is 2.47. The molecule has 2 rings (SSSR count). The first-order chi connectivity index (χ1) is 11.3. The van der Waals surface area contributed by atoms with Crippen molar-refractivity contribution in [3.63, 3.8) is 0 Å². The van der Waals surface area contributed by atoms with Gasteiger partial charge in [0.1, 0.15) is 17.1 Å². The monoisotopic (exact) mass is 330 g/mol. The Labute approximate surface area is 138 Å². The fraction of sp³-hybridized carbons (Fsp3) is 0.250. The van der Waals surface area contributed by atoms with Crippen LogP contribution in [0.1, 0.15) is 22.5 Å². The van der Waals surface area contributed by atoms with Crippen LogP contribution in [-0.2, 0) is 11.3 Å². The Bertz CT molecular complexity index is 824. The largest absolute Gasteiger partial charge is 0.496 e. The fourth-order valence-electron chi connectivity index (χ4n) is 2.47. The van der Waals surface area contributed by atoms with E-state index in [0.717, 1.165) is 11.1 Å². The van der Waals surface area contributed by atoms with Crippen molar-refractivity contribution in [2.24, 2.45) is 5.73 Å². The summed E-state index contributed by atoms with van der Waals surface area (Å²) in [5.41, 5.74) is 7.49. The van der Waals surface area contributed by atoms with Crippen LogP contribution in [0.15, 0.2) is 24.3 Å². The summed E-state index contributed by atoms with van der Waals surface area (Å²) in [6, 6.07) is 5.36. The van der Waals surface area contributed by atoms with Gasteiger partial charge in [0.25, 0.3) is 0 Å². The number of rotatable bonds is 6. The van der Waals surface area contributed by atoms with Crippen LogP contribution in [0.5, 0.6) is 5.75 Å². The van der Waals surface area contributed by atoms with Crippen molar-refractivity contribution < 1.29 is 14.5 Å². The lowest BCUT2D eigenvalue weighted by Gasteiger charge is -2.10. The second-order valence-electron chi connectivity index (χ2n) is 5.24. The molecule has 2 aromatic rings. The van der Waals surface area contributed by atoms with Crippen molar-refractivity contribution in [2.45, 2.75) is 20.4 Å². The highest BCUT2D eigenvalue weighted by atomic mass is 16.6. The third-order valence-electron chi connectivity index (χ3n) is 3.59. The van der Waals surface area contributed by atoms with Crippen molar-refractivity contribution in [1.29, 1.82) is 0 Å². The Morgan fingerprint density at radius 1 is 1.46 bits per heavy atom. The molecule has 1 aromatic carbocycles. The van der Waals surface area contributed by atoms with Crippen LogP contribution in [-0.4, -0.2) is 27.7 Å². The molecule has 1 aromatic heterocycles. The third-order valence-corrected chi connectivity index (χ3v) is 3.59. The normalized spacial score (nSPS) is 11.0. The van der Waals surface area contributed by atoms with Gasteiger partial charge in [-0.2, -0.15) is 5.10 Å². The number of carbonyl (C=O) groups is 1. The molecular formula is C16H18N4O4. The number of hydrogen-bond donors (Lipinski definition) is 1. The van der Waals surface area contributed by atoms with Crippen LogP contribution in [0.2, 0.25) is 0 Å². The molecule has 0 saturated heterocycles. The zero-order chi connectivity index (χ0) is 17.9. The first kappa shape index (κ1) is 17.2. The highest BCUT2D eigenvalue weighted by molar-refractivity contribution is 5.90. The zero-order valence-corrected chi connectivity index (χ0v) is 13.6. The molecule has 8 nitrogen and oxygen atoms in total. The van der Waals surface area contributed by atoms with Gasteiger partial charge in [-0.25, -0.2) is 0 Å². The number of aryl methyl sites for hydroxylation is 1. The summed E-state index contributed by atoms with van der Waals surface area (Å²) in [6.07, 6.45) is 2.86. The topological polar surface area (TPSA) is 113 Å². The van der Waals surface area contributed by atoms with E-state index in [-0.39, 0.29) is 5.69 Å². The standard InChI is InChI=1S/C16H18N4O4/c1-10-16(20(22)23)11(2)19(18-10)9-13-8-12(5-7-15(17)21)4-6-14(13)24-3/h4-8H,9H2,1-3H3,(H2,17,21)/b7-5-. The minimum Gasteiger partial charge on any atom is -0.496 e. The number of hydrogen-bond acceptors (Lipinski definition) is 5. The van der Waals surface area contributed by atoms with Crippen molar-refractivity contribution in [2.75, 3.05) is 7.11 Å². The molecule has 24 heavy (non-hydrogen) atoms. The molecule has 8 heteroatoms. The summed E-state index contributed by atoms with van der Waals surface area (Å²) in [4.78, 5) is 21.5. The predicted molar refractivity (Wildman–Crippen MR) is 88.7 cm³/mol. The molecule has 0 atom stereocenters. The van der Waals surface area contributed by atoms with E-state index in [0.29, 0.717) is 23.7 Å². The summed E-state index contributed by atoms with van der Waals surface area (Å²) in [6.45, 7) is 3.56. The molecule has 1 heterocycles. The molecular weight excluding hydrogens is 312 g/mol. The molecule has 0 radical (unpaired) electrons. The van der Waals surface area contributed by atoms with Crippen molar-refractivity contribution >= 4 is 17.7 Å². The van der Waals surface area contributed by atoms with Crippen molar-refractivity contribution in [3.8, 4) is 5.75 Å². The number of ether oxygens (including phenoxy) is 1. The molecule has 0 spiro atoms. The van der Waals surface area contributed by atoms with E-state index in [4.69, 9.17) is 10.5 Å². The van der Waals surface area contributed by atoms with Gasteiger partial charge in [0, 0.05) is 11.6 Å². The predicted octanol–water partition coefficient (Wildman–Crippen LogP) is 1.96. The number of primary amides is 1. The number of nitro groups is 1. The average molecular weight is 330 g/mol.